The summed E-state index contributed by atoms with van der Waals surface area (Å²) >= 11 is 0. The smallest absolute Gasteiger partial charge is 0.199 e. The lowest BCUT2D eigenvalue weighted by molar-refractivity contribution is -0.105. The molecular weight excluding hydrogens is 528 g/mol. The maximum atomic E-state index is 14.3. The van der Waals surface area contributed by atoms with Gasteiger partial charge in [-0.1, -0.05) is 55.8 Å². The third-order valence-corrected chi connectivity index (χ3v) is 7.96. The minimum atomic E-state index is -0.580. The number of rotatable bonds is 7. The second kappa shape index (κ2) is 14.0. The molecule has 0 amide bonds. The molecule has 222 valence electrons. The van der Waals surface area contributed by atoms with E-state index in [1.165, 1.54) is 6.21 Å². The van der Waals surface area contributed by atoms with Gasteiger partial charge in [-0.2, -0.15) is 0 Å². The SMILES string of the molecule is CC.Cc1ccc(C2Oc3ccc(OC4CCCCO4)cc3C(=O)C2c2ccc(C=N)c(NC3CCCCO3)c2)cc1. The van der Waals surface area contributed by atoms with Gasteiger partial charge in [0.1, 0.15) is 23.8 Å². The first-order valence-electron chi connectivity index (χ1n) is 15.3. The number of carbonyl (C=O) groups is 1. The van der Waals surface area contributed by atoms with Crippen LogP contribution in [-0.2, 0) is 9.47 Å². The highest BCUT2D eigenvalue weighted by Crippen LogP contribution is 2.45. The van der Waals surface area contributed by atoms with Crippen molar-refractivity contribution in [3.05, 3.63) is 88.5 Å². The number of anilines is 1. The molecule has 4 atom stereocenters. The maximum absolute atomic E-state index is 14.3. The second-order valence-corrected chi connectivity index (χ2v) is 10.9. The highest BCUT2D eigenvalue weighted by Gasteiger charge is 2.40. The zero-order chi connectivity index (χ0) is 29.5. The van der Waals surface area contributed by atoms with Crippen LogP contribution in [-0.4, -0.2) is 37.7 Å². The summed E-state index contributed by atoms with van der Waals surface area (Å²) in [4.78, 5) is 14.3. The molecule has 2 N–H and O–H groups in total. The number of fused-ring (bicyclic) bond motifs is 1. The zero-order valence-corrected chi connectivity index (χ0v) is 24.9. The lowest BCUT2D eigenvalue weighted by Gasteiger charge is -2.34. The first-order chi connectivity index (χ1) is 20.6. The van der Waals surface area contributed by atoms with Gasteiger partial charge in [-0.3, -0.25) is 4.79 Å². The molecule has 0 spiro atoms. The van der Waals surface area contributed by atoms with Crippen LogP contribution in [0.25, 0.3) is 0 Å². The molecule has 3 aromatic rings. The van der Waals surface area contributed by atoms with E-state index in [9.17, 15) is 4.79 Å². The van der Waals surface area contributed by atoms with Crippen molar-refractivity contribution in [2.45, 2.75) is 83.8 Å². The van der Waals surface area contributed by atoms with Crippen LogP contribution >= 0.6 is 0 Å². The molecule has 2 saturated heterocycles. The Morgan fingerprint density at radius 1 is 0.881 bits per heavy atom. The first kappa shape index (κ1) is 29.8. The Balaban J connectivity index is 0.00000173. The number of Topliss-reactive ketones (excluding diaryl/α,β-unsaturated/α-hetero) is 1. The molecule has 0 saturated carbocycles. The van der Waals surface area contributed by atoms with Crippen LogP contribution in [0.15, 0.2) is 60.7 Å². The van der Waals surface area contributed by atoms with Crippen molar-refractivity contribution in [3.63, 3.8) is 0 Å². The minimum absolute atomic E-state index is 0.0238. The van der Waals surface area contributed by atoms with E-state index in [0.717, 1.165) is 73.1 Å². The third kappa shape index (κ3) is 6.69. The van der Waals surface area contributed by atoms with E-state index in [1.54, 1.807) is 6.07 Å². The van der Waals surface area contributed by atoms with Crippen LogP contribution in [0.3, 0.4) is 0 Å². The molecule has 0 radical (unpaired) electrons. The quantitative estimate of drug-likeness (QED) is 0.280. The van der Waals surface area contributed by atoms with Gasteiger partial charge in [0.15, 0.2) is 12.1 Å². The van der Waals surface area contributed by atoms with E-state index in [0.29, 0.717) is 23.7 Å². The van der Waals surface area contributed by atoms with E-state index < -0.39 is 12.0 Å². The Morgan fingerprint density at radius 2 is 1.62 bits per heavy atom. The summed E-state index contributed by atoms with van der Waals surface area (Å²) in [6, 6.07) is 19.4. The maximum Gasteiger partial charge on any atom is 0.199 e. The van der Waals surface area contributed by atoms with Crippen LogP contribution in [0.2, 0.25) is 0 Å². The van der Waals surface area contributed by atoms with Gasteiger partial charge in [-0.25, -0.2) is 0 Å². The second-order valence-electron chi connectivity index (χ2n) is 10.9. The molecule has 6 rings (SSSR count). The van der Waals surface area contributed by atoms with Crippen LogP contribution in [0, 0.1) is 12.3 Å². The van der Waals surface area contributed by atoms with Crippen LogP contribution in [0.1, 0.15) is 97.0 Å². The number of hydrogen-bond donors (Lipinski definition) is 2. The van der Waals surface area contributed by atoms with E-state index >= 15 is 0 Å². The molecular formula is C35H42N2O5. The lowest BCUT2D eigenvalue weighted by atomic mass is 9.80. The molecule has 0 aliphatic carbocycles. The Labute approximate surface area is 249 Å². The number of ketones is 1. The summed E-state index contributed by atoms with van der Waals surface area (Å²) in [5.74, 6) is 0.549. The summed E-state index contributed by atoms with van der Waals surface area (Å²) in [7, 11) is 0. The molecule has 7 nitrogen and oxygen atoms in total. The summed E-state index contributed by atoms with van der Waals surface area (Å²) < 4.78 is 24.3. The van der Waals surface area contributed by atoms with Crippen molar-refractivity contribution in [1.82, 2.24) is 0 Å². The van der Waals surface area contributed by atoms with Crippen molar-refractivity contribution >= 4 is 17.7 Å². The molecule has 2 fully saturated rings. The molecule has 4 unspecified atom stereocenters. The van der Waals surface area contributed by atoms with Crippen LogP contribution < -0.4 is 14.8 Å². The number of benzene rings is 3. The summed E-state index contributed by atoms with van der Waals surface area (Å²) in [6.07, 6.45) is 6.40. The molecule has 0 bridgehead atoms. The molecule has 3 aromatic carbocycles. The van der Waals surface area contributed by atoms with Crippen LogP contribution in [0.5, 0.6) is 11.5 Å². The van der Waals surface area contributed by atoms with Gasteiger partial charge in [-0.05, 0) is 74.4 Å². The summed E-state index contributed by atoms with van der Waals surface area (Å²) in [5, 5.41) is 11.4. The Morgan fingerprint density at radius 3 is 2.31 bits per heavy atom. The monoisotopic (exact) mass is 570 g/mol. The van der Waals surface area contributed by atoms with Crippen molar-refractivity contribution in [3.8, 4) is 11.5 Å². The molecule has 0 aromatic heterocycles. The van der Waals surface area contributed by atoms with Gasteiger partial charge < -0.3 is 29.7 Å². The van der Waals surface area contributed by atoms with E-state index in [4.69, 9.17) is 24.4 Å². The van der Waals surface area contributed by atoms with E-state index in [2.05, 4.69) is 5.32 Å². The topological polar surface area (TPSA) is 89.9 Å². The molecule has 3 aliphatic rings. The number of ether oxygens (including phenoxy) is 4. The minimum Gasteiger partial charge on any atom is -0.484 e. The van der Waals surface area contributed by atoms with Gasteiger partial charge in [0, 0.05) is 30.5 Å². The predicted molar refractivity (Wildman–Crippen MR) is 165 cm³/mol. The highest BCUT2D eigenvalue weighted by atomic mass is 16.7. The number of nitrogens with one attached hydrogen (secondary N) is 2. The Hall–Kier alpha value is -3.68. The average molecular weight is 571 g/mol. The van der Waals surface area contributed by atoms with Gasteiger partial charge in [0.2, 0.25) is 0 Å². The molecule has 7 heteroatoms. The lowest BCUT2D eigenvalue weighted by Crippen LogP contribution is -2.31. The normalized spacial score (nSPS) is 23.5. The Bertz CT molecular complexity index is 1360. The van der Waals surface area contributed by atoms with E-state index in [-0.39, 0.29) is 18.3 Å². The third-order valence-electron chi connectivity index (χ3n) is 7.96. The van der Waals surface area contributed by atoms with Crippen LogP contribution in [0.4, 0.5) is 5.69 Å². The van der Waals surface area contributed by atoms with Gasteiger partial charge in [0.05, 0.1) is 18.1 Å². The highest BCUT2D eigenvalue weighted by molar-refractivity contribution is 6.05. The van der Waals surface area contributed by atoms with Crippen molar-refractivity contribution in [1.29, 1.82) is 5.41 Å². The fraction of sp³-hybridized carbons (Fsp3) is 0.429. The van der Waals surface area contributed by atoms with Crippen molar-refractivity contribution < 1.29 is 23.7 Å². The van der Waals surface area contributed by atoms with Gasteiger partial charge in [-0.15, -0.1) is 0 Å². The fourth-order valence-corrected chi connectivity index (χ4v) is 5.73. The van der Waals surface area contributed by atoms with Gasteiger partial charge in [0.25, 0.3) is 0 Å². The predicted octanol–water partition coefficient (Wildman–Crippen LogP) is 7.96. The largest absolute Gasteiger partial charge is 0.484 e. The Kier molecular flexibility index (Phi) is 9.93. The molecule has 3 heterocycles. The van der Waals surface area contributed by atoms with E-state index in [1.807, 2.05) is 75.4 Å². The fourth-order valence-electron chi connectivity index (χ4n) is 5.73. The molecule has 42 heavy (non-hydrogen) atoms. The van der Waals surface area contributed by atoms with Gasteiger partial charge >= 0.3 is 0 Å². The summed E-state index contributed by atoms with van der Waals surface area (Å²) in [6.45, 7) is 7.45. The first-order valence-corrected chi connectivity index (χ1v) is 15.3. The zero-order valence-electron chi connectivity index (χ0n) is 24.9. The standard InChI is InChI=1S/C33H36N2O5.C2H6/c1-21-8-10-22(11-9-21)33-31(23-12-13-24(20-34)27(18-23)35-29-6-2-4-16-37-29)32(36)26-19-25(14-15-28(26)40-33)39-30-7-3-5-17-38-30;1-2/h8-15,18-20,29-31,33-35H,2-7,16-17H2,1H3;1-2H3. The summed E-state index contributed by atoms with van der Waals surface area (Å²) in [5.41, 5.74) is 4.94. The molecule has 3 aliphatic heterocycles. The van der Waals surface area contributed by atoms with Crippen molar-refractivity contribution in [2.75, 3.05) is 18.5 Å². The average Bonchev–Trinajstić information content (AvgIpc) is 3.03. The number of hydrogen-bond acceptors (Lipinski definition) is 7. The number of carbonyl (C=O) groups excluding carboxylic acids is 1. The number of aryl methyl sites for hydroxylation is 1. The van der Waals surface area contributed by atoms with Crippen molar-refractivity contribution in [2.24, 2.45) is 0 Å².